The van der Waals surface area contributed by atoms with E-state index in [2.05, 4.69) is 33.6 Å². The van der Waals surface area contributed by atoms with Crippen LogP contribution in [0.15, 0.2) is 64.0 Å². The maximum absolute atomic E-state index is 11.7. The molecule has 0 aliphatic heterocycles. The van der Waals surface area contributed by atoms with Crippen LogP contribution in [0, 0.1) is 0 Å². The number of hydrogen-bond donors (Lipinski definition) is 2. The van der Waals surface area contributed by atoms with Gasteiger partial charge < -0.3 is 11.1 Å². The van der Waals surface area contributed by atoms with Gasteiger partial charge in [0, 0.05) is 12.1 Å². The van der Waals surface area contributed by atoms with Crippen LogP contribution in [-0.2, 0) is 12.8 Å². The van der Waals surface area contributed by atoms with Gasteiger partial charge in [0.1, 0.15) is 0 Å². The fraction of sp³-hybridized carbons (Fsp3) is 0.211. The highest BCUT2D eigenvalue weighted by Gasteiger charge is 2.02. The van der Waals surface area contributed by atoms with E-state index in [1.165, 1.54) is 11.1 Å². The molecule has 3 nitrogen and oxygen atoms in total. The molecule has 0 unspecified atom stereocenters. The van der Waals surface area contributed by atoms with Crippen molar-refractivity contribution in [1.82, 2.24) is 5.32 Å². The van der Waals surface area contributed by atoms with Gasteiger partial charge in [-0.2, -0.15) is 22.7 Å². The number of thiophene rings is 2. The van der Waals surface area contributed by atoms with Crippen LogP contribution in [0.2, 0.25) is 0 Å². The molecule has 0 saturated carbocycles. The highest BCUT2D eigenvalue weighted by Crippen LogP contribution is 2.06. The molecule has 0 atom stereocenters. The van der Waals surface area contributed by atoms with Gasteiger partial charge in [0.2, 0.25) is 0 Å². The molecule has 3 N–H and O–H groups in total. The highest BCUT2D eigenvalue weighted by molar-refractivity contribution is 7.08. The van der Waals surface area contributed by atoms with Crippen LogP contribution < -0.4 is 11.1 Å². The predicted octanol–water partition coefficient (Wildman–Crippen LogP) is 4.39. The van der Waals surface area contributed by atoms with E-state index in [1.807, 2.05) is 35.7 Å². The molecule has 6 heteroatoms. The van der Waals surface area contributed by atoms with E-state index in [1.54, 1.807) is 22.7 Å². The monoisotopic (exact) mass is 394 g/mol. The lowest BCUT2D eigenvalue weighted by molar-refractivity contribution is 0.0954. The first kappa shape index (κ1) is 21.4. The Hall–Kier alpha value is -1.66. The average molecular weight is 395 g/mol. The Bertz CT molecular complexity index is 686. The molecule has 1 aromatic carbocycles. The molecule has 2 aromatic heterocycles. The quantitative estimate of drug-likeness (QED) is 0.651. The molecule has 0 aliphatic carbocycles. The van der Waals surface area contributed by atoms with E-state index in [0.717, 1.165) is 19.4 Å². The number of nitrogens with one attached hydrogen (secondary N) is 1. The molecule has 25 heavy (non-hydrogen) atoms. The summed E-state index contributed by atoms with van der Waals surface area (Å²) in [5.41, 5.74) is 8.67. The lowest BCUT2D eigenvalue weighted by Gasteiger charge is -2.03. The number of hydrogen-bond acceptors (Lipinski definition) is 4. The van der Waals surface area contributed by atoms with Crippen molar-refractivity contribution in [3.63, 3.8) is 0 Å². The minimum absolute atomic E-state index is 0. The van der Waals surface area contributed by atoms with Gasteiger partial charge >= 0.3 is 0 Å². The predicted molar refractivity (Wildman–Crippen MR) is 111 cm³/mol. The lowest BCUT2D eigenvalue weighted by Crippen LogP contribution is -2.25. The standard InChI is InChI=1S/C13H13NOS.C6H9NS.ClH/c15-13(12-4-2-1-3-5-12)14-8-6-11-7-9-16-10-11;7-3-1-6-2-4-8-5-6;/h1-5,7,9-10H,6,8H2,(H,14,15);2,4-5H,1,3,7H2;1H. The van der Waals surface area contributed by atoms with Crippen molar-refractivity contribution in [1.29, 1.82) is 0 Å². The van der Waals surface area contributed by atoms with Gasteiger partial charge in [0.15, 0.2) is 0 Å². The van der Waals surface area contributed by atoms with Crippen LogP contribution >= 0.6 is 35.1 Å². The van der Waals surface area contributed by atoms with Crippen LogP contribution in [0.1, 0.15) is 21.5 Å². The topological polar surface area (TPSA) is 55.1 Å². The summed E-state index contributed by atoms with van der Waals surface area (Å²) in [6, 6.07) is 13.5. The first-order valence-corrected chi connectivity index (χ1v) is 9.73. The molecule has 0 saturated heterocycles. The SMILES string of the molecule is Cl.NCCc1ccsc1.O=C(NCCc1ccsc1)c1ccccc1. The second kappa shape index (κ2) is 12.7. The smallest absolute Gasteiger partial charge is 0.251 e. The number of carbonyl (C=O) groups is 1. The molecule has 134 valence electrons. The summed E-state index contributed by atoms with van der Waals surface area (Å²) in [4.78, 5) is 11.7. The van der Waals surface area contributed by atoms with Crippen LogP contribution in [0.3, 0.4) is 0 Å². The van der Waals surface area contributed by atoms with Crippen molar-refractivity contribution in [3.8, 4) is 0 Å². The number of nitrogens with two attached hydrogens (primary N) is 1. The third kappa shape index (κ3) is 8.31. The van der Waals surface area contributed by atoms with E-state index in [-0.39, 0.29) is 18.3 Å². The Balaban J connectivity index is 0.000000295. The third-order valence-electron chi connectivity index (χ3n) is 3.33. The molecular formula is C19H23ClN2OS2. The van der Waals surface area contributed by atoms with Crippen molar-refractivity contribution in [2.75, 3.05) is 13.1 Å². The third-order valence-corrected chi connectivity index (χ3v) is 4.79. The van der Waals surface area contributed by atoms with E-state index in [0.29, 0.717) is 12.1 Å². The summed E-state index contributed by atoms with van der Waals surface area (Å²) in [5, 5.41) is 11.3. The minimum Gasteiger partial charge on any atom is -0.352 e. The normalized spacial score (nSPS) is 9.48. The number of halogens is 1. The summed E-state index contributed by atoms with van der Waals surface area (Å²) in [6.45, 7) is 1.45. The zero-order valence-corrected chi connectivity index (χ0v) is 16.3. The van der Waals surface area contributed by atoms with Crippen molar-refractivity contribution in [2.45, 2.75) is 12.8 Å². The van der Waals surface area contributed by atoms with Gasteiger partial charge in [-0.1, -0.05) is 18.2 Å². The van der Waals surface area contributed by atoms with Gasteiger partial charge in [0.25, 0.3) is 5.91 Å². The Morgan fingerprint density at radius 1 is 0.920 bits per heavy atom. The highest BCUT2D eigenvalue weighted by atomic mass is 35.5. The number of rotatable bonds is 6. The molecular weight excluding hydrogens is 372 g/mol. The second-order valence-electron chi connectivity index (χ2n) is 5.17. The zero-order chi connectivity index (χ0) is 17.0. The fourth-order valence-electron chi connectivity index (χ4n) is 2.05. The molecule has 3 aromatic rings. The maximum atomic E-state index is 11.7. The zero-order valence-electron chi connectivity index (χ0n) is 13.9. The minimum atomic E-state index is -0.00386. The second-order valence-corrected chi connectivity index (χ2v) is 6.73. The fourth-order valence-corrected chi connectivity index (χ4v) is 3.45. The van der Waals surface area contributed by atoms with Crippen molar-refractivity contribution in [3.05, 3.63) is 80.7 Å². The first-order valence-electron chi connectivity index (χ1n) is 7.85. The van der Waals surface area contributed by atoms with Gasteiger partial charge in [0.05, 0.1) is 0 Å². The molecule has 0 spiro atoms. The van der Waals surface area contributed by atoms with Gasteiger partial charge in [-0.15, -0.1) is 12.4 Å². The average Bonchev–Trinajstić information content (AvgIpc) is 3.30. The van der Waals surface area contributed by atoms with E-state index >= 15 is 0 Å². The van der Waals surface area contributed by atoms with E-state index < -0.39 is 0 Å². The molecule has 0 aliphatic rings. The lowest BCUT2D eigenvalue weighted by atomic mass is 10.2. The van der Waals surface area contributed by atoms with Gasteiger partial charge in [-0.25, -0.2) is 0 Å². The Labute approximate surface area is 163 Å². The molecule has 1 amide bonds. The van der Waals surface area contributed by atoms with E-state index in [9.17, 15) is 4.79 Å². The summed E-state index contributed by atoms with van der Waals surface area (Å²) in [6.07, 6.45) is 1.91. The first-order chi connectivity index (χ1) is 11.8. The number of benzene rings is 1. The van der Waals surface area contributed by atoms with Crippen molar-refractivity contribution in [2.24, 2.45) is 5.73 Å². The summed E-state index contributed by atoms with van der Waals surface area (Å²) in [5.74, 6) is -0.00386. The number of amides is 1. The van der Waals surface area contributed by atoms with Crippen LogP contribution in [0.25, 0.3) is 0 Å². The molecule has 2 heterocycles. The summed E-state index contributed by atoms with van der Waals surface area (Å²) in [7, 11) is 0. The Morgan fingerprint density at radius 3 is 2.04 bits per heavy atom. The maximum Gasteiger partial charge on any atom is 0.251 e. The summed E-state index contributed by atoms with van der Waals surface area (Å²) >= 11 is 3.41. The number of carbonyl (C=O) groups excluding carboxylic acids is 1. The van der Waals surface area contributed by atoms with E-state index in [4.69, 9.17) is 5.73 Å². The van der Waals surface area contributed by atoms with Gasteiger partial charge in [-0.05, 0) is 76.3 Å². The Kier molecular flexibility index (Phi) is 10.8. The van der Waals surface area contributed by atoms with Crippen LogP contribution in [0.5, 0.6) is 0 Å². The van der Waals surface area contributed by atoms with Crippen LogP contribution in [0.4, 0.5) is 0 Å². The largest absolute Gasteiger partial charge is 0.352 e. The molecule has 0 fully saturated rings. The molecule has 3 rings (SSSR count). The molecule has 0 bridgehead atoms. The van der Waals surface area contributed by atoms with Gasteiger partial charge in [-0.3, -0.25) is 4.79 Å². The Morgan fingerprint density at radius 2 is 1.52 bits per heavy atom. The van der Waals surface area contributed by atoms with Crippen molar-refractivity contribution < 1.29 is 4.79 Å². The van der Waals surface area contributed by atoms with Crippen molar-refractivity contribution >= 4 is 41.0 Å². The summed E-state index contributed by atoms with van der Waals surface area (Å²) < 4.78 is 0. The van der Waals surface area contributed by atoms with Crippen LogP contribution in [-0.4, -0.2) is 19.0 Å². The molecule has 0 radical (unpaired) electrons.